The molecule has 3 N–H and O–H groups in total. The van der Waals surface area contributed by atoms with Crippen molar-refractivity contribution in [2.45, 2.75) is 20.8 Å². The molecule has 7 aromatic carbocycles. The van der Waals surface area contributed by atoms with E-state index in [0.29, 0.717) is 17.1 Å². The molecule has 0 aliphatic carbocycles. The number of nitrogens with one attached hydrogen (secondary N) is 3. The number of rotatable bonds is 9. The van der Waals surface area contributed by atoms with E-state index >= 15 is 0 Å². The van der Waals surface area contributed by atoms with Crippen LogP contribution >= 0.6 is 0 Å². The summed E-state index contributed by atoms with van der Waals surface area (Å²) in [6.45, 7) is 6.19. The number of hydrogen-bond acceptors (Lipinski definition) is 6. The van der Waals surface area contributed by atoms with Gasteiger partial charge >= 0.3 is 0 Å². The average Bonchev–Trinajstić information content (AvgIpc) is 3.34. The smallest absolute Gasteiger partial charge is 0.255 e. The number of nitrogens with zero attached hydrogens (tertiary/aromatic N) is 3. The molecular weight excluding hydrogens is 817 g/mol. The van der Waals surface area contributed by atoms with Crippen molar-refractivity contribution in [3.8, 4) is 33.8 Å². The summed E-state index contributed by atoms with van der Waals surface area (Å²) in [6, 6.07) is 56.9. The first-order chi connectivity index (χ1) is 32.1. The summed E-state index contributed by atoms with van der Waals surface area (Å²) >= 11 is 0. The number of fused-ring (bicyclic) bond motifs is 3. The lowest BCUT2D eigenvalue weighted by molar-refractivity contribution is 0.102. The number of hydrogen-bond donors (Lipinski definition) is 3. The van der Waals surface area contributed by atoms with Gasteiger partial charge in [-0.3, -0.25) is 14.4 Å². The molecule has 66 heavy (non-hydrogen) atoms. The fourth-order valence-electron chi connectivity index (χ4n) is 8.30. The minimum absolute atomic E-state index is 0.130. The second-order valence-electron chi connectivity index (χ2n) is 16.4. The maximum absolute atomic E-state index is 14.0. The monoisotopic (exact) mass is 858 g/mol. The summed E-state index contributed by atoms with van der Waals surface area (Å²) in [5, 5.41) is 12.1. The molecule has 0 bridgehead atoms. The predicted octanol–water partition coefficient (Wildman–Crippen LogP) is 13.0. The van der Waals surface area contributed by atoms with Crippen LogP contribution in [0.4, 0.5) is 17.1 Å². The number of pyridine rings is 3. The Kier molecular flexibility index (Phi) is 10.9. The number of amides is 3. The van der Waals surface area contributed by atoms with Crippen LogP contribution in [0.15, 0.2) is 182 Å². The number of benzene rings is 7. The van der Waals surface area contributed by atoms with Crippen LogP contribution in [0.1, 0.15) is 47.8 Å². The molecule has 10 aromatic rings. The Balaban J connectivity index is 0.909. The molecule has 0 fully saturated rings. The van der Waals surface area contributed by atoms with Gasteiger partial charge in [-0.2, -0.15) is 0 Å². The van der Waals surface area contributed by atoms with E-state index in [-0.39, 0.29) is 16.7 Å². The number of para-hydroxylation sites is 3. The lowest BCUT2D eigenvalue weighted by atomic mass is 10.0. The number of aryl methyl sites for hydroxylation is 3. The van der Waals surface area contributed by atoms with E-state index in [9.17, 15) is 14.4 Å². The van der Waals surface area contributed by atoms with Crippen LogP contribution in [-0.2, 0) is 0 Å². The zero-order valence-electron chi connectivity index (χ0n) is 36.4. The third-order valence-electron chi connectivity index (χ3n) is 11.8. The van der Waals surface area contributed by atoms with Crippen molar-refractivity contribution in [3.05, 3.63) is 215 Å². The Morgan fingerprint density at radius 3 is 0.864 bits per heavy atom. The average molecular weight is 859 g/mol. The first-order valence-electron chi connectivity index (χ1n) is 21.6. The van der Waals surface area contributed by atoms with Crippen LogP contribution in [0, 0.1) is 20.8 Å². The normalized spacial score (nSPS) is 11.1. The summed E-state index contributed by atoms with van der Waals surface area (Å²) < 4.78 is 0. The van der Waals surface area contributed by atoms with Gasteiger partial charge in [0.2, 0.25) is 0 Å². The predicted molar refractivity (Wildman–Crippen MR) is 266 cm³/mol. The lowest BCUT2D eigenvalue weighted by Crippen LogP contribution is -2.19. The molecule has 9 nitrogen and oxygen atoms in total. The zero-order chi connectivity index (χ0) is 45.3. The van der Waals surface area contributed by atoms with E-state index in [0.717, 1.165) is 83.2 Å². The van der Waals surface area contributed by atoms with Gasteiger partial charge in [0, 0.05) is 66.6 Å². The van der Waals surface area contributed by atoms with Crippen molar-refractivity contribution in [1.29, 1.82) is 0 Å². The van der Waals surface area contributed by atoms with E-state index < -0.39 is 17.7 Å². The molecule has 0 unspecified atom stereocenters. The molecule has 3 aromatic heterocycles. The van der Waals surface area contributed by atoms with Crippen LogP contribution in [0.5, 0.6) is 0 Å². The third-order valence-corrected chi connectivity index (χ3v) is 11.8. The molecule has 0 saturated heterocycles. The summed E-state index contributed by atoms with van der Waals surface area (Å²) in [7, 11) is 0. The minimum atomic E-state index is -0.490. The van der Waals surface area contributed by atoms with Crippen molar-refractivity contribution in [2.75, 3.05) is 16.0 Å². The van der Waals surface area contributed by atoms with E-state index in [2.05, 4.69) is 54.9 Å². The molecular formula is C57H42N6O3. The maximum atomic E-state index is 14.0. The van der Waals surface area contributed by atoms with Gasteiger partial charge in [-0.15, -0.1) is 0 Å². The Bertz CT molecular complexity index is 3150. The van der Waals surface area contributed by atoms with E-state index in [1.54, 1.807) is 36.4 Å². The Morgan fingerprint density at radius 1 is 0.333 bits per heavy atom. The number of carbonyl (C=O) groups is 3. The number of carbonyl (C=O) groups excluding carboxylic acids is 3. The van der Waals surface area contributed by atoms with Crippen molar-refractivity contribution < 1.29 is 14.4 Å². The van der Waals surface area contributed by atoms with Gasteiger partial charge in [0.25, 0.3) is 17.7 Å². The summed E-state index contributed by atoms with van der Waals surface area (Å²) in [5.41, 5.74) is 13.2. The second-order valence-corrected chi connectivity index (χ2v) is 16.4. The molecule has 0 aliphatic rings. The molecule has 9 heteroatoms. The van der Waals surface area contributed by atoms with Crippen LogP contribution in [0.2, 0.25) is 0 Å². The van der Waals surface area contributed by atoms with Crippen LogP contribution in [0.3, 0.4) is 0 Å². The standard InChI is InChI=1S/C57H42N6O3/c1-34-28-52(61-49-13-7-4-10-46(34)49)37-16-22-43(23-17-37)58-55(64)40-31-41(56(65)59-44-24-18-38(19-25-44)53-29-35(2)47-11-5-8-14-50(47)62-53)33-42(32-40)57(66)60-45-26-20-39(21-27-45)54-30-36(3)48-12-6-9-15-51(48)63-54/h4-33H,1-3H3,(H,58,64)(H,59,65)(H,60,66). The Labute approximate surface area is 381 Å². The highest BCUT2D eigenvalue weighted by Gasteiger charge is 2.19. The van der Waals surface area contributed by atoms with Gasteiger partial charge in [0.05, 0.1) is 33.6 Å². The van der Waals surface area contributed by atoms with Crippen LogP contribution in [0.25, 0.3) is 66.5 Å². The van der Waals surface area contributed by atoms with Gasteiger partial charge in [-0.25, -0.2) is 15.0 Å². The highest BCUT2D eigenvalue weighted by Crippen LogP contribution is 2.29. The van der Waals surface area contributed by atoms with Gasteiger partial charge in [-0.05, 0) is 128 Å². The molecule has 0 atom stereocenters. The molecule has 3 amide bonds. The van der Waals surface area contributed by atoms with Gasteiger partial charge in [0.1, 0.15) is 0 Å². The molecule has 0 spiro atoms. The fraction of sp³-hybridized carbons (Fsp3) is 0.0526. The van der Waals surface area contributed by atoms with Crippen LogP contribution < -0.4 is 16.0 Å². The summed E-state index contributed by atoms with van der Waals surface area (Å²) in [4.78, 5) is 56.5. The van der Waals surface area contributed by atoms with Crippen molar-refractivity contribution in [1.82, 2.24) is 15.0 Å². The lowest BCUT2D eigenvalue weighted by Gasteiger charge is -2.13. The topological polar surface area (TPSA) is 126 Å². The highest BCUT2D eigenvalue weighted by molar-refractivity contribution is 6.13. The first-order valence-corrected chi connectivity index (χ1v) is 21.6. The van der Waals surface area contributed by atoms with Crippen molar-refractivity contribution in [3.63, 3.8) is 0 Å². The molecule has 318 valence electrons. The zero-order valence-corrected chi connectivity index (χ0v) is 36.4. The van der Waals surface area contributed by atoms with Gasteiger partial charge in [0.15, 0.2) is 0 Å². The number of anilines is 3. The maximum Gasteiger partial charge on any atom is 0.255 e. The SMILES string of the molecule is Cc1cc(-c2ccc(NC(=O)c3cc(C(=O)Nc4ccc(-c5cc(C)c6ccccc6n5)cc4)cc(C(=O)Nc4ccc(-c5cc(C)c6ccccc6n5)cc4)c3)cc2)nc2ccccc12. The van der Waals surface area contributed by atoms with Crippen molar-refractivity contribution in [2.24, 2.45) is 0 Å². The van der Waals surface area contributed by atoms with E-state index in [1.807, 2.05) is 109 Å². The first kappa shape index (κ1) is 41.2. The molecule has 3 heterocycles. The van der Waals surface area contributed by atoms with Crippen molar-refractivity contribution >= 4 is 67.5 Å². The largest absolute Gasteiger partial charge is 0.322 e. The Morgan fingerprint density at radius 2 is 0.591 bits per heavy atom. The van der Waals surface area contributed by atoms with Crippen LogP contribution in [-0.4, -0.2) is 32.7 Å². The third kappa shape index (κ3) is 8.48. The van der Waals surface area contributed by atoms with Gasteiger partial charge in [-0.1, -0.05) is 91.0 Å². The molecule has 0 aliphatic heterocycles. The quantitative estimate of drug-likeness (QED) is 0.133. The molecule has 10 rings (SSSR count). The number of aromatic nitrogens is 3. The summed E-state index contributed by atoms with van der Waals surface area (Å²) in [6.07, 6.45) is 0. The molecule has 0 radical (unpaired) electrons. The van der Waals surface area contributed by atoms with E-state index in [4.69, 9.17) is 15.0 Å². The van der Waals surface area contributed by atoms with E-state index in [1.165, 1.54) is 18.2 Å². The summed E-state index contributed by atoms with van der Waals surface area (Å²) in [5.74, 6) is -1.47. The second kappa shape index (κ2) is 17.4. The minimum Gasteiger partial charge on any atom is -0.322 e. The molecule has 0 saturated carbocycles. The fourth-order valence-corrected chi connectivity index (χ4v) is 8.30. The Hall–Kier alpha value is -8.82. The highest BCUT2D eigenvalue weighted by atomic mass is 16.2. The van der Waals surface area contributed by atoms with Gasteiger partial charge < -0.3 is 16.0 Å².